The van der Waals surface area contributed by atoms with Gasteiger partial charge in [0.05, 0.1) is 21.3 Å². The van der Waals surface area contributed by atoms with E-state index in [0.717, 1.165) is 0 Å². The van der Waals surface area contributed by atoms with Gasteiger partial charge in [0, 0.05) is 11.8 Å². The molecule has 126 valence electrons. The molecule has 0 fully saturated rings. The molecule has 0 radical (unpaired) electrons. The maximum atomic E-state index is 13.1. The first-order valence-corrected chi connectivity index (χ1v) is 7.12. The van der Waals surface area contributed by atoms with Crippen LogP contribution in [0.1, 0.15) is 5.56 Å². The van der Waals surface area contributed by atoms with E-state index in [-0.39, 0.29) is 5.91 Å². The Balaban J connectivity index is 2.17. The zero-order valence-corrected chi connectivity index (χ0v) is 13.6. The lowest BCUT2D eigenvalue weighted by molar-refractivity contribution is -0.111. The number of ether oxygens (including phenoxy) is 3. The van der Waals surface area contributed by atoms with Crippen LogP contribution in [0.25, 0.3) is 6.08 Å². The van der Waals surface area contributed by atoms with E-state index in [2.05, 4.69) is 5.32 Å². The molecule has 0 aliphatic heterocycles. The van der Waals surface area contributed by atoms with Gasteiger partial charge in [-0.1, -0.05) is 6.07 Å². The van der Waals surface area contributed by atoms with Gasteiger partial charge in [0.1, 0.15) is 5.82 Å². The Labute approximate surface area is 139 Å². The third-order valence-electron chi connectivity index (χ3n) is 3.21. The quantitative estimate of drug-likeness (QED) is 0.823. The lowest BCUT2D eigenvalue weighted by atomic mass is 10.1. The van der Waals surface area contributed by atoms with Crippen molar-refractivity contribution in [1.29, 1.82) is 0 Å². The molecular weight excluding hydrogens is 313 g/mol. The molecule has 0 aromatic heterocycles. The Bertz CT molecular complexity index is 733. The minimum atomic E-state index is -0.415. The molecule has 0 aliphatic rings. The normalized spacial score (nSPS) is 10.5. The van der Waals surface area contributed by atoms with Crippen LogP contribution in [0.4, 0.5) is 10.1 Å². The SMILES string of the molecule is COc1cc(/C=C/C(=O)Nc2cccc(F)c2)cc(OC)c1OC. The lowest BCUT2D eigenvalue weighted by Crippen LogP contribution is -2.07. The molecule has 2 aromatic carbocycles. The van der Waals surface area contributed by atoms with E-state index in [1.807, 2.05) is 0 Å². The highest BCUT2D eigenvalue weighted by molar-refractivity contribution is 6.02. The van der Waals surface area contributed by atoms with Gasteiger partial charge in [-0.25, -0.2) is 4.39 Å². The van der Waals surface area contributed by atoms with Crippen molar-refractivity contribution in [3.8, 4) is 17.2 Å². The van der Waals surface area contributed by atoms with Gasteiger partial charge in [0.2, 0.25) is 11.7 Å². The highest BCUT2D eigenvalue weighted by Crippen LogP contribution is 2.38. The Kier molecular flexibility index (Phi) is 5.78. The summed E-state index contributed by atoms with van der Waals surface area (Å²) in [5.74, 6) is 0.654. The van der Waals surface area contributed by atoms with Gasteiger partial charge in [-0.05, 0) is 42.0 Å². The van der Waals surface area contributed by atoms with E-state index in [1.165, 1.54) is 45.6 Å². The predicted octanol–water partition coefficient (Wildman–Crippen LogP) is 3.50. The maximum Gasteiger partial charge on any atom is 0.248 e. The van der Waals surface area contributed by atoms with Gasteiger partial charge < -0.3 is 19.5 Å². The number of nitrogens with one attached hydrogen (secondary N) is 1. The summed E-state index contributed by atoms with van der Waals surface area (Å²) in [6.07, 6.45) is 2.94. The molecule has 2 aromatic rings. The summed E-state index contributed by atoms with van der Waals surface area (Å²) in [7, 11) is 4.55. The number of benzene rings is 2. The summed E-state index contributed by atoms with van der Waals surface area (Å²) >= 11 is 0. The summed E-state index contributed by atoms with van der Waals surface area (Å²) in [5.41, 5.74) is 1.08. The number of hydrogen-bond donors (Lipinski definition) is 1. The number of carbonyl (C=O) groups excluding carboxylic acids is 1. The summed E-state index contributed by atoms with van der Waals surface area (Å²) in [6.45, 7) is 0. The van der Waals surface area contributed by atoms with E-state index in [4.69, 9.17) is 14.2 Å². The fourth-order valence-electron chi connectivity index (χ4n) is 2.12. The van der Waals surface area contributed by atoms with Crippen molar-refractivity contribution in [3.63, 3.8) is 0 Å². The molecule has 6 heteroatoms. The summed E-state index contributed by atoms with van der Waals surface area (Å²) in [4.78, 5) is 11.9. The number of halogens is 1. The number of anilines is 1. The third kappa shape index (κ3) is 4.25. The zero-order valence-electron chi connectivity index (χ0n) is 13.6. The van der Waals surface area contributed by atoms with E-state index in [1.54, 1.807) is 24.3 Å². The van der Waals surface area contributed by atoms with Gasteiger partial charge >= 0.3 is 0 Å². The molecule has 0 atom stereocenters. The minimum absolute atomic E-state index is 0.380. The lowest BCUT2D eigenvalue weighted by Gasteiger charge is -2.12. The first-order chi connectivity index (χ1) is 11.6. The van der Waals surface area contributed by atoms with Crippen molar-refractivity contribution in [2.75, 3.05) is 26.6 Å². The van der Waals surface area contributed by atoms with Crippen LogP contribution in [0.2, 0.25) is 0 Å². The molecule has 0 saturated carbocycles. The van der Waals surface area contributed by atoms with Gasteiger partial charge in [-0.3, -0.25) is 4.79 Å². The Hall–Kier alpha value is -3.02. The average Bonchev–Trinajstić information content (AvgIpc) is 2.58. The van der Waals surface area contributed by atoms with Crippen LogP contribution in [-0.2, 0) is 4.79 Å². The molecule has 0 aliphatic carbocycles. The van der Waals surface area contributed by atoms with Crippen LogP contribution in [0, 0.1) is 5.82 Å². The van der Waals surface area contributed by atoms with E-state index >= 15 is 0 Å². The van der Waals surface area contributed by atoms with E-state index in [0.29, 0.717) is 28.5 Å². The molecule has 1 N–H and O–H groups in total. The summed E-state index contributed by atoms with van der Waals surface area (Å²) in [5, 5.41) is 2.58. The van der Waals surface area contributed by atoms with E-state index in [9.17, 15) is 9.18 Å². The van der Waals surface area contributed by atoms with Crippen LogP contribution in [0.3, 0.4) is 0 Å². The second kappa shape index (κ2) is 8.01. The third-order valence-corrected chi connectivity index (χ3v) is 3.21. The van der Waals surface area contributed by atoms with Gasteiger partial charge in [-0.15, -0.1) is 0 Å². The monoisotopic (exact) mass is 331 g/mol. The Morgan fingerprint density at radius 3 is 2.25 bits per heavy atom. The molecule has 0 saturated heterocycles. The smallest absolute Gasteiger partial charge is 0.248 e. The number of amides is 1. The Morgan fingerprint density at radius 2 is 1.71 bits per heavy atom. The van der Waals surface area contributed by atoms with Gasteiger partial charge in [0.15, 0.2) is 11.5 Å². The molecule has 5 nitrogen and oxygen atoms in total. The van der Waals surface area contributed by atoms with Crippen LogP contribution in [0.5, 0.6) is 17.2 Å². The summed E-state index contributed by atoms with van der Waals surface area (Å²) in [6, 6.07) is 9.11. The van der Waals surface area contributed by atoms with Crippen molar-refractivity contribution < 1.29 is 23.4 Å². The van der Waals surface area contributed by atoms with Crippen molar-refractivity contribution in [3.05, 3.63) is 53.9 Å². The maximum absolute atomic E-state index is 13.1. The van der Waals surface area contributed by atoms with Crippen molar-refractivity contribution >= 4 is 17.7 Å². The zero-order chi connectivity index (χ0) is 17.5. The highest BCUT2D eigenvalue weighted by Gasteiger charge is 2.12. The van der Waals surface area contributed by atoms with Gasteiger partial charge in [-0.2, -0.15) is 0 Å². The number of rotatable bonds is 6. The molecule has 2 rings (SSSR count). The fraction of sp³-hybridized carbons (Fsp3) is 0.167. The second-order valence-electron chi connectivity index (χ2n) is 4.79. The Morgan fingerprint density at radius 1 is 1.04 bits per heavy atom. The standard InChI is InChI=1S/C18H18FNO4/c1-22-15-9-12(10-16(23-2)18(15)24-3)7-8-17(21)20-14-6-4-5-13(19)11-14/h4-11H,1-3H3,(H,20,21)/b8-7+. The highest BCUT2D eigenvalue weighted by atomic mass is 19.1. The largest absolute Gasteiger partial charge is 0.493 e. The molecule has 0 heterocycles. The number of hydrogen-bond acceptors (Lipinski definition) is 4. The van der Waals surface area contributed by atoms with Gasteiger partial charge in [0.25, 0.3) is 0 Å². The first kappa shape index (κ1) is 17.3. The predicted molar refractivity (Wildman–Crippen MR) is 90.2 cm³/mol. The molecule has 0 bridgehead atoms. The number of methoxy groups -OCH3 is 3. The summed E-state index contributed by atoms with van der Waals surface area (Å²) < 4.78 is 28.8. The average molecular weight is 331 g/mol. The molecule has 0 spiro atoms. The van der Waals surface area contributed by atoms with Crippen LogP contribution in [-0.4, -0.2) is 27.2 Å². The molecule has 24 heavy (non-hydrogen) atoms. The second-order valence-corrected chi connectivity index (χ2v) is 4.79. The topological polar surface area (TPSA) is 56.8 Å². The number of carbonyl (C=O) groups is 1. The van der Waals surface area contributed by atoms with Crippen molar-refractivity contribution in [2.45, 2.75) is 0 Å². The molecule has 0 unspecified atom stereocenters. The van der Waals surface area contributed by atoms with E-state index < -0.39 is 5.82 Å². The molecule has 1 amide bonds. The van der Waals surface area contributed by atoms with Crippen molar-refractivity contribution in [1.82, 2.24) is 0 Å². The van der Waals surface area contributed by atoms with Crippen LogP contribution < -0.4 is 19.5 Å². The van der Waals surface area contributed by atoms with Crippen molar-refractivity contribution in [2.24, 2.45) is 0 Å². The fourth-order valence-corrected chi connectivity index (χ4v) is 2.12. The van der Waals surface area contributed by atoms with Crippen LogP contribution >= 0.6 is 0 Å². The minimum Gasteiger partial charge on any atom is -0.493 e. The first-order valence-electron chi connectivity index (χ1n) is 7.12. The molecular formula is C18H18FNO4. The van der Waals surface area contributed by atoms with Crippen LogP contribution in [0.15, 0.2) is 42.5 Å².